The molecular formula is C15H15F3N2O4S2. The van der Waals surface area contributed by atoms with Crippen LogP contribution in [0.3, 0.4) is 0 Å². The molecule has 11 heteroatoms. The maximum Gasteiger partial charge on any atom is 0.573 e. The first kappa shape index (κ1) is 20.2. The number of amides is 1. The van der Waals surface area contributed by atoms with E-state index in [1.165, 1.54) is 0 Å². The molecule has 0 spiro atoms. The molecule has 2 rings (SSSR count). The summed E-state index contributed by atoms with van der Waals surface area (Å²) >= 11 is 1.55. The summed E-state index contributed by atoms with van der Waals surface area (Å²) in [5.74, 6) is -1.05. The molecule has 1 aromatic carbocycles. The van der Waals surface area contributed by atoms with E-state index >= 15 is 0 Å². The summed E-state index contributed by atoms with van der Waals surface area (Å²) in [6.45, 7) is -0.113. The number of benzene rings is 1. The number of rotatable bonds is 8. The average Bonchev–Trinajstić information content (AvgIpc) is 3.05. The minimum Gasteiger partial charge on any atom is -0.406 e. The van der Waals surface area contributed by atoms with E-state index in [0.717, 1.165) is 29.1 Å². The predicted octanol–water partition coefficient (Wildman–Crippen LogP) is 2.28. The molecular weight excluding hydrogens is 393 g/mol. The van der Waals surface area contributed by atoms with Crippen LogP contribution in [0.25, 0.3) is 0 Å². The zero-order valence-electron chi connectivity index (χ0n) is 13.2. The van der Waals surface area contributed by atoms with Gasteiger partial charge in [-0.25, -0.2) is 13.1 Å². The lowest BCUT2D eigenvalue weighted by atomic mass is 10.3. The van der Waals surface area contributed by atoms with Gasteiger partial charge in [-0.15, -0.1) is 24.5 Å². The van der Waals surface area contributed by atoms with Crippen molar-refractivity contribution in [1.82, 2.24) is 10.0 Å². The number of sulfonamides is 1. The highest BCUT2D eigenvalue weighted by molar-refractivity contribution is 7.89. The van der Waals surface area contributed by atoms with E-state index in [4.69, 9.17) is 0 Å². The Bertz CT molecular complexity index is 820. The SMILES string of the molecule is O=C(CNS(=O)(=O)c1ccc(OC(F)(F)F)cc1)NCCc1cccs1. The van der Waals surface area contributed by atoms with Crippen LogP contribution in [0.15, 0.2) is 46.7 Å². The summed E-state index contributed by atoms with van der Waals surface area (Å²) in [7, 11) is -4.03. The van der Waals surface area contributed by atoms with Crippen LogP contribution in [0.1, 0.15) is 4.88 Å². The van der Waals surface area contributed by atoms with Crippen molar-refractivity contribution in [3.8, 4) is 5.75 Å². The fraction of sp³-hybridized carbons (Fsp3) is 0.267. The standard InChI is InChI=1S/C15H15F3N2O4S2/c16-15(17,18)24-11-3-5-13(6-4-11)26(22,23)20-10-14(21)19-8-7-12-2-1-9-25-12/h1-6,9,20H,7-8,10H2,(H,19,21). The molecule has 0 aliphatic carbocycles. The molecule has 1 amide bonds. The molecule has 142 valence electrons. The van der Waals surface area contributed by atoms with E-state index in [0.29, 0.717) is 13.0 Å². The topological polar surface area (TPSA) is 84.5 Å². The third-order valence-electron chi connectivity index (χ3n) is 3.06. The molecule has 0 aliphatic rings. The van der Waals surface area contributed by atoms with Crippen LogP contribution in [0, 0.1) is 0 Å². The maximum atomic E-state index is 12.1. The third-order valence-corrected chi connectivity index (χ3v) is 5.42. The van der Waals surface area contributed by atoms with Crippen molar-refractivity contribution >= 4 is 27.3 Å². The van der Waals surface area contributed by atoms with Crippen molar-refractivity contribution in [3.05, 3.63) is 46.7 Å². The highest BCUT2D eigenvalue weighted by atomic mass is 32.2. The Hall–Kier alpha value is -2.11. The van der Waals surface area contributed by atoms with Gasteiger partial charge in [-0.3, -0.25) is 4.79 Å². The number of alkyl halides is 3. The molecule has 2 aromatic rings. The molecule has 0 fully saturated rings. The highest BCUT2D eigenvalue weighted by Crippen LogP contribution is 2.23. The minimum absolute atomic E-state index is 0.279. The predicted molar refractivity (Wildman–Crippen MR) is 89.3 cm³/mol. The minimum atomic E-state index is -4.86. The summed E-state index contributed by atoms with van der Waals surface area (Å²) in [6, 6.07) is 7.48. The molecule has 1 heterocycles. The van der Waals surface area contributed by atoms with Crippen molar-refractivity contribution < 1.29 is 31.1 Å². The lowest BCUT2D eigenvalue weighted by molar-refractivity contribution is -0.274. The molecule has 2 N–H and O–H groups in total. The monoisotopic (exact) mass is 408 g/mol. The fourth-order valence-electron chi connectivity index (χ4n) is 1.91. The largest absolute Gasteiger partial charge is 0.573 e. The third kappa shape index (κ3) is 6.65. The van der Waals surface area contributed by atoms with Crippen LogP contribution in [0.2, 0.25) is 0 Å². The van der Waals surface area contributed by atoms with Crippen LogP contribution in [0.4, 0.5) is 13.2 Å². The van der Waals surface area contributed by atoms with E-state index in [1.807, 2.05) is 17.5 Å². The molecule has 0 radical (unpaired) electrons. The molecule has 0 saturated carbocycles. The zero-order chi connectivity index (χ0) is 19.2. The maximum absolute atomic E-state index is 12.1. The van der Waals surface area contributed by atoms with Gasteiger partial charge in [-0.1, -0.05) is 6.07 Å². The Morgan fingerprint density at radius 1 is 1.15 bits per heavy atom. The molecule has 6 nitrogen and oxygen atoms in total. The Kier molecular flexibility index (Phi) is 6.62. The quantitative estimate of drug-likeness (QED) is 0.702. The molecule has 26 heavy (non-hydrogen) atoms. The first-order chi connectivity index (χ1) is 12.2. The zero-order valence-corrected chi connectivity index (χ0v) is 14.9. The van der Waals surface area contributed by atoms with E-state index < -0.39 is 34.6 Å². The van der Waals surface area contributed by atoms with Crippen LogP contribution in [-0.2, 0) is 21.2 Å². The Morgan fingerprint density at radius 3 is 2.42 bits per heavy atom. The second-order valence-corrected chi connectivity index (χ2v) is 7.82. The normalized spacial score (nSPS) is 12.0. The highest BCUT2D eigenvalue weighted by Gasteiger charge is 2.31. The van der Waals surface area contributed by atoms with Crippen LogP contribution < -0.4 is 14.8 Å². The van der Waals surface area contributed by atoms with Gasteiger partial charge in [0.15, 0.2) is 0 Å². The lowest BCUT2D eigenvalue weighted by Gasteiger charge is -2.10. The first-order valence-corrected chi connectivity index (χ1v) is 9.66. The van der Waals surface area contributed by atoms with Crippen molar-refractivity contribution in [1.29, 1.82) is 0 Å². The number of ether oxygens (including phenoxy) is 1. The molecule has 0 saturated heterocycles. The number of hydrogen-bond acceptors (Lipinski definition) is 5. The van der Waals surface area contributed by atoms with Gasteiger partial charge < -0.3 is 10.1 Å². The van der Waals surface area contributed by atoms with Crippen LogP contribution in [0.5, 0.6) is 5.75 Å². The number of hydrogen-bond donors (Lipinski definition) is 2. The number of nitrogens with one attached hydrogen (secondary N) is 2. The molecule has 0 bridgehead atoms. The van der Waals surface area contributed by atoms with Crippen molar-refractivity contribution in [2.45, 2.75) is 17.7 Å². The number of carbonyl (C=O) groups excluding carboxylic acids is 1. The summed E-state index contributed by atoms with van der Waals surface area (Å²) in [5.41, 5.74) is 0. The number of thiophene rings is 1. The van der Waals surface area contributed by atoms with Gasteiger partial charge in [-0.2, -0.15) is 0 Å². The average molecular weight is 408 g/mol. The Balaban J connectivity index is 1.82. The lowest BCUT2D eigenvalue weighted by Crippen LogP contribution is -2.37. The molecule has 0 unspecified atom stereocenters. The summed E-state index contributed by atoms with van der Waals surface area (Å²) in [4.78, 5) is 12.5. The van der Waals surface area contributed by atoms with E-state index in [1.54, 1.807) is 11.3 Å². The van der Waals surface area contributed by atoms with E-state index in [9.17, 15) is 26.4 Å². The smallest absolute Gasteiger partial charge is 0.406 e. The summed E-state index contributed by atoms with van der Waals surface area (Å²) in [5, 5.41) is 4.49. The van der Waals surface area contributed by atoms with Crippen molar-refractivity contribution in [3.63, 3.8) is 0 Å². The van der Waals surface area contributed by atoms with Gasteiger partial charge in [0.1, 0.15) is 5.75 Å². The second kappa shape index (κ2) is 8.52. The van der Waals surface area contributed by atoms with Crippen molar-refractivity contribution in [2.75, 3.05) is 13.1 Å². The van der Waals surface area contributed by atoms with Gasteiger partial charge >= 0.3 is 6.36 Å². The van der Waals surface area contributed by atoms with E-state index in [2.05, 4.69) is 14.8 Å². The van der Waals surface area contributed by atoms with Gasteiger partial charge in [0.2, 0.25) is 15.9 Å². The van der Waals surface area contributed by atoms with Gasteiger partial charge in [0, 0.05) is 11.4 Å². The summed E-state index contributed by atoms with van der Waals surface area (Å²) < 4.78 is 66.1. The Labute approximate surface area is 152 Å². The van der Waals surface area contributed by atoms with Crippen molar-refractivity contribution in [2.24, 2.45) is 0 Å². The van der Waals surface area contributed by atoms with Gasteiger partial charge in [-0.05, 0) is 42.1 Å². The Morgan fingerprint density at radius 2 is 1.85 bits per heavy atom. The molecule has 0 atom stereocenters. The molecule has 0 aliphatic heterocycles. The van der Waals surface area contributed by atoms with Crippen LogP contribution in [-0.4, -0.2) is 33.8 Å². The van der Waals surface area contributed by atoms with Gasteiger partial charge in [0.25, 0.3) is 0 Å². The van der Waals surface area contributed by atoms with Gasteiger partial charge in [0.05, 0.1) is 11.4 Å². The summed E-state index contributed by atoms with van der Waals surface area (Å²) in [6.07, 6.45) is -4.23. The first-order valence-electron chi connectivity index (χ1n) is 7.30. The fourth-order valence-corrected chi connectivity index (χ4v) is 3.60. The van der Waals surface area contributed by atoms with Crippen LogP contribution >= 0.6 is 11.3 Å². The second-order valence-electron chi connectivity index (χ2n) is 5.02. The number of halogens is 3. The van der Waals surface area contributed by atoms with E-state index in [-0.39, 0.29) is 4.90 Å². The number of carbonyl (C=O) groups is 1. The molecule has 1 aromatic heterocycles.